The monoisotopic (exact) mass is 349 g/mol. The third-order valence-corrected chi connectivity index (χ3v) is 4.65. The highest BCUT2D eigenvalue weighted by molar-refractivity contribution is 5.67. The number of hydrogen-bond donors (Lipinski definition) is 0. The molecular formula is C21H23N3O2. The molecule has 0 bridgehead atoms. The first-order valence-electron chi connectivity index (χ1n) is 8.91. The van der Waals surface area contributed by atoms with E-state index < -0.39 is 0 Å². The first-order chi connectivity index (χ1) is 12.7. The molecule has 0 N–H and O–H groups in total. The topological polar surface area (TPSA) is 39.5 Å². The largest absolute Gasteiger partial charge is 0.454 e. The highest BCUT2D eigenvalue weighted by atomic mass is 16.7. The first kappa shape index (κ1) is 16.7. The Kier molecular flexibility index (Phi) is 4.63. The quantitative estimate of drug-likeness (QED) is 0.679. The van der Waals surface area contributed by atoms with Crippen molar-refractivity contribution in [2.45, 2.75) is 20.0 Å². The van der Waals surface area contributed by atoms with Crippen LogP contribution < -0.4 is 9.47 Å². The van der Waals surface area contributed by atoms with Gasteiger partial charge in [0, 0.05) is 23.9 Å². The second-order valence-electron chi connectivity index (χ2n) is 6.58. The molecule has 2 heterocycles. The summed E-state index contributed by atoms with van der Waals surface area (Å²) in [5, 5.41) is 4.88. The fraction of sp³-hybridized carbons (Fsp3) is 0.286. The van der Waals surface area contributed by atoms with Crippen LogP contribution in [0.4, 0.5) is 0 Å². The molecule has 0 saturated heterocycles. The molecule has 0 fully saturated rings. The lowest BCUT2D eigenvalue weighted by atomic mass is 10.1. The summed E-state index contributed by atoms with van der Waals surface area (Å²) in [6.45, 7) is 5.05. The lowest BCUT2D eigenvalue weighted by Gasteiger charge is -2.13. The van der Waals surface area contributed by atoms with E-state index in [1.165, 1.54) is 11.1 Å². The first-order valence-corrected chi connectivity index (χ1v) is 8.91. The van der Waals surface area contributed by atoms with Gasteiger partial charge < -0.3 is 14.4 Å². The van der Waals surface area contributed by atoms with Gasteiger partial charge in [-0.15, -0.1) is 0 Å². The maximum absolute atomic E-state index is 5.54. The van der Waals surface area contributed by atoms with E-state index in [0.29, 0.717) is 0 Å². The van der Waals surface area contributed by atoms with Gasteiger partial charge in [0.1, 0.15) is 0 Å². The molecule has 4 rings (SSSR count). The van der Waals surface area contributed by atoms with Gasteiger partial charge in [0.05, 0.1) is 12.2 Å². The Morgan fingerprint density at radius 3 is 2.69 bits per heavy atom. The van der Waals surface area contributed by atoms with Crippen molar-refractivity contribution in [2.24, 2.45) is 0 Å². The molecule has 1 aliphatic heterocycles. The molecule has 1 aromatic heterocycles. The molecule has 1 aliphatic rings. The Bertz CT molecular complexity index is 890. The van der Waals surface area contributed by atoms with Gasteiger partial charge in [0.2, 0.25) is 6.79 Å². The standard InChI is InChI=1S/C21H23N3O2/c1-3-23(2)13-18-14-24(12-16-7-5-4-6-8-16)22-21(18)17-9-10-19-20(11-17)26-15-25-19/h4-11,14H,3,12-13,15H2,1-2H3. The molecule has 2 aromatic carbocycles. The minimum atomic E-state index is 0.284. The fourth-order valence-electron chi connectivity index (χ4n) is 3.12. The molecule has 26 heavy (non-hydrogen) atoms. The summed E-state index contributed by atoms with van der Waals surface area (Å²) in [4.78, 5) is 2.28. The van der Waals surface area contributed by atoms with Crippen LogP contribution in [0.2, 0.25) is 0 Å². The van der Waals surface area contributed by atoms with E-state index in [0.717, 1.165) is 42.4 Å². The summed E-state index contributed by atoms with van der Waals surface area (Å²) in [5.41, 5.74) is 4.51. The second kappa shape index (κ2) is 7.22. The van der Waals surface area contributed by atoms with Gasteiger partial charge in [0.25, 0.3) is 0 Å². The zero-order chi connectivity index (χ0) is 17.9. The number of rotatable bonds is 6. The maximum atomic E-state index is 5.54. The highest BCUT2D eigenvalue weighted by Crippen LogP contribution is 2.36. The van der Waals surface area contributed by atoms with Gasteiger partial charge in [-0.25, -0.2) is 0 Å². The second-order valence-corrected chi connectivity index (χ2v) is 6.58. The van der Waals surface area contributed by atoms with Crippen molar-refractivity contribution < 1.29 is 9.47 Å². The fourth-order valence-corrected chi connectivity index (χ4v) is 3.12. The van der Waals surface area contributed by atoms with E-state index in [-0.39, 0.29) is 6.79 Å². The maximum Gasteiger partial charge on any atom is 0.231 e. The molecule has 0 unspecified atom stereocenters. The normalized spacial score (nSPS) is 12.7. The number of ether oxygens (including phenoxy) is 2. The van der Waals surface area contributed by atoms with Gasteiger partial charge in [-0.3, -0.25) is 4.68 Å². The average molecular weight is 349 g/mol. The SMILES string of the molecule is CCN(C)Cc1cn(Cc2ccccc2)nc1-c1ccc2c(c1)OCO2. The molecule has 3 aromatic rings. The van der Waals surface area contributed by atoms with Crippen LogP contribution in [0.15, 0.2) is 54.7 Å². The zero-order valence-electron chi connectivity index (χ0n) is 15.2. The van der Waals surface area contributed by atoms with Crippen molar-refractivity contribution >= 4 is 0 Å². The van der Waals surface area contributed by atoms with Crippen molar-refractivity contribution in [2.75, 3.05) is 20.4 Å². The van der Waals surface area contributed by atoms with Gasteiger partial charge >= 0.3 is 0 Å². The van der Waals surface area contributed by atoms with E-state index in [9.17, 15) is 0 Å². The Morgan fingerprint density at radius 2 is 1.88 bits per heavy atom. The van der Waals surface area contributed by atoms with Gasteiger partial charge in [-0.05, 0) is 37.4 Å². The lowest BCUT2D eigenvalue weighted by Crippen LogP contribution is -2.16. The summed E-state index contributed by atoms with van der Waals surface area (Å²) >= 11 is 0. The van der Waals surface area contributed by atoms with Crippen LogP contribution in [-0.2, 0) is 13.1 Å². The number of nitrogens with zero attached hydrogens (tertiary/aromatic N) is 3. The van der Waals surface area contributed by atoms with E-state index in [4.69, 9.17) is 14.6 Å². The van der Waals surface area contributed by atoms with E-state index in [1.807, 2.05) is 22.9 Å². The minimum absolute atomic E-state index is 0.284. The average Bonchev–Trinajstić information content (AvgIpc) is 3.28. The summed E-state index contributed by atoms with van der Waals surface area (Å²) < 4.78 is 13.0. The summed E-state index contributed by atoms with van der Waals surface area (Å²) in [6.07, 6.45) is 2.15. The van der Waals surface area contributed by atoms with Crippen LogP contribution >= 0.6 is 0 Å². The molecule has 134 valence electrons. The van der Waals surface area contributed by atoms with Crippen molar-refractivity contribution in [3.8, 4) is 22.8 Å². The van der Waals surface area contributed by atoms with Crippen LogP contribution in [0.1, 0.15) is 18.1 Å². The van der Waals surface area contributed by atoms with Crippen molar-refractivity contribution in [1.82, 2.24) is 14.7 Å². The lowest BCUT2D eigenvalue weighted by molar-refractivity contribution is 0.174. The van der Waals surface area contributed by atoms with Crippen LogP contribution in [0, 0.1) is 0 Å². The highest BCUT2D eigenvalue weighted by Gasteiger charge is 2.18. The smallest absolute Gasteiger partial charge is 0.231 e. The van der Waals surface area contributed by atoms with Gasteiger partial charge in [-0.2, -0.15) is 5.10 Å². The molecule has 5 nitrogen and oxygen atoms in total. The third kappa shape index (κ3) is 3.44. The van der Waals surface area contributed by atoms with Crippen LogP contribution in [-0.4, -0.2) is 35.1 Å². The Labute approximate surface area is 153 Å². The molecule has 0 atom stereocenters. The summed E-state index contributed by atoms with van der Waals surface area (Å²) in [6, 6.07) is 16.4. The molecule has 0 radical (unpaired) electrons. The van der Waals surface area contributed by atoms with Crippen molar-refractivity contribution in [3.05, 3.63) is 65.9 Å². The Morgan fingerprint density at radius 1 is 1.08 bits per heavy atom. The van der Waals surface area contributed by atoms with Crippen LogP contribution in [0.25, 0.3) is 11.3 Å². The van der Waals surface area contributed by atoms with Crippen molar-refractivity contribution in [3.63, 3.8) is 0 Å². The molecule has 5 heteroatoms. The number of fused-ring (bicyclic) bond motifs is 1. The van der Waals surface area contributed by atoms with Gasteiger partial charge in [0.15, 0.2) is 11.5 Å². The zero-order valence-corrected chi connectivity index (χ0v) is 15.2. The van der Waals surface area contributed by atoms with E-state index >= 15 is 0 Å². The van der Waals surface area contributed by atoms with E-state index in [2.05, 4.69) is 55.4 Å². The number of hydrogen-bond acceptors (Lipinski definition) is 4. The summed E-state index contributed by atoms with van der Waals surface area (Å²) in [5.74, 6) is 1.58. The summed E-state index contributed by atoms with van der Waals surface area (Å²) in [7, 11) is 2.12. The van der Waals surface area contributed by atoms with Crippen molar-refractivity contribution in [1.29, 1.82) is 0 Å². The van der Waals surface area contributed by atoms with Crippen LogP contribution in [0.5, 0.6) is 11.5 Å². The number of benzene rings is 2. The minimum Gasteiger partial charge on any atom is -0.454 e. The predicted molar refractivity (Wildman–Crippen MR) is 101 cm³/mol. The third-order valence-electron chi connectivity index (χ3n) is 4.65. The molecule has 0 spiro atoms. The Balaban J connectivity index is 1.69. The predicted octanol–water partition coefficient (Wildman–Crippen LogP) is 3.78. The van der Waals surface area contributed by atoms with E-state index in [1.54, 1.807) is 0 Å². The molecular weight excluding hydrogens is 326 g/mol. The van der Waals surface area contributed by atoms with Gasteiger partial charge in [-0.1, -0.05) is 37.3 Å². The molecule has 0 saturated carbocycles. The Hall–Kier alpha value is -2.79. The van der Waals surface area contributed by atoms with Crippen LogP contribution in [0.3, 0.4) is 0 Å². The number of aromatic nitrogens is 2. The molecule has 0 amide bonds. The molecule has 0 aliphatic carbocycles.